The Kier molecular flexibility index (Phi) is 3.99. The highest BCUT2D eigenvalue weighted by Gasteiger charge is 2.24. The minimum absolute atomic E-state index is 0.149. The molecule has 2 rings (SSSR count). The molecule has 0 aromatic rings. The second-order valence-electron chi connectivity index (χ2n) is 4.94. The van der Waals surface area contributed by atoms with Gasteiger partial charge in [0.05, 0.1) is 0 Å². The van der Waals surface area contributed by atoms with E-state index in [4.69, 9.17) is 0 Å². The maximum absolute atomic E-state index is 11.5. The number of amides is 2. The smallest absolute Gasteiger partial charge is 0.221 e. The van der Waals surface area contributed by atoms with Crippen LogP contribution in [0.5, 0.6) is 0 Å². The molecule has 0 unspecified atom stereocenters. The highest BCUT2D eigenvalue weighted by atomic mass is 16.2. The quantitative estimate of drug-likeness (QED) is 0.740. The van der Waals surface area contributed by atoms with Gasteiger partial charge in [-0.3, -0.25) is 14.5 Å². The summed E-state index contributed by atoms with van der Waals surface area (Å²) in [5.41, 5.74) is 0. The molecule has 1 saturated heterocycles. The topological polar surface area (TPSA) is 52.7 Å². The lowest BCUT2D eigenvalue weighted by molar-refractivity contribution is -0.131. The van der Waals surface area contributed by atoms with Crippen molar-refractivity contribution in [1.29, 1.82) is 0 Å². The molecule has 1 N–H and O–H groups in total. The van der Waals surface area contributed by atoms with Crippen molar-refractivity contribution in [2.24, 2.45) is 0 Å². The Morgan fingerprint density at radius 3 is 2.35 bits per heavy atom. The monoisotopic (exact) mass is 239 g/mol. The molecule has 17 heavy (non-hydrogen) atoms. The first kappa shape index (κ1) is 12.4. The summed E-state index contributed by atoms with van der Waals surface area (Å²) in [6.07, 6.45) is 2.86. The average molecular weight is 239 g/mol. The van der Waals surface area contributed by atoms with Crippen molar-refractivity contribution in [3.05, 3.63) is 0 Å². The van der Waals surface area contributed by atoms with E-state index in [-0.39, 0.29) is 11.8 Å². The summed E-state index contributed by atoms with van der Waals surface area (Å²) < 4.78 is 0. The summed E-state index contributed by atoms with van der Waals surface area (Å²) in [6.45, 7) is 5.77. The Balaban J connectivity index is 1.60. The molecule has 96 valence electrons. The third-order valence-corrected chi connectivity index (χ3v) is 3.42. The number of carbonyl (C=O) groups excluding carboxylic acids is 2. The van der Waals surface area contributed by atoms with Crippen molar-refractivity contribution in [2.45, 2.75) is 32.2 Å². The van der Waals surface area contributed by atoms with Crippen LogP contribution in [-0.2, 0) is 9.59 Å². The summed E-state index contributed by atoms with van der Waals surface area (Å²) >= 11 is 0. The molecule has 1 saturated carbocycles. The van der Waals surface area contributed by atoms with E-state index in [0.29, 0.717) is 12.5 Å². The molecule has 0 radical (unpaired) electrons. The molecule has 0 atom stereocenters. The normalized spacial score (nSPS) is 21.4. The van der Waals surface area contributed by atoms with E-state index in [1.165, 1.54) is 0 Å². The number of hydrogen-bond acceptors (Lipinski definition) is 3. The van der Waals surface area contributed by atoms with Crippen molar-refractivity contribution >= 4 is 11.8 Å². The lowest BCUT2D eigenvalue weighted by atomic mass is 10.3. The van der Waals surface area contributed by atoms with E-state index < -0.39 is 0 Å². The molecular weight excluding hydrogens is 218 g/mol. The van der Waals surface area contributed by atoms with E-state index in [0.717, 1.165) is 45.6 Å². The number of nitrogens with zero attached hydrogens (tertiary/aromatic N) is 2. The summed E-state index contributed by atoms with van der Waals surface area (Å²) in [7, 11) is 0. The van der Waals surface area contributed by atoms with E-state index in [1.54, 1.807) is 6.92 Å². The molecule has 0 bridgehead atoms. The van der Waals surface area contributed by atoms with Crippen LogP contribution in [0.15, 0.2) is 0 Å². The van der Waals surface area contributed by atoms with Gasteiger partial charge in [-0.1, -0.05) is 0 Å². The lowest BCUT2D eigenvalue weighted by Gasteiger charge is -2.34. The van der Waals surface area contributed by atoms with Crippen LogP contribution in [0.25, 0.3) is 0 Å². The van der Waals surface area contributed by atoms with Gasteiger partial charge < -0.3 is 10.2 Å². The largest absolute Gasteiger partial charge is 0.353 e. The fraction of sp³-hybridized carbons (Fsp3) is 0.833. The molecule has 2 aliphatic rings. The minimum Gasteiger partial charge on any atom is -0.353 e. The first-order valence-corrected chi connectivity index (χ1v) is 6.42. The Labute approximate surface area is 102 Å². The van der Waals surface area contributed by atoms with Gasteiger partial charge >= 0.3 is 0 Å². The Hall–Kier alpha value is -1.10. The summed E-state index contributed by atoms with van der Waals surface area (Å²) in [5.74, 6) is 0.317. The van der Waals surface area contributed by atoms with Gasteiger partial charge in [0.1, 0.15) is 0 Å². The van der Waals surface area contributed by atoms with Gasteiger partial charge in [0.2, 0.25) is 11.8 Å². The third kappa shape index (κ3) is 4.00. The highest BCUT2D eigenvalue weighted by molar-refractivity contribution is 5.76. The van der Waals surface area contributed by atoms with Crippen molar-refractivity contribution in [3.8, 4) is 0 Å². The predicted octanol–water partition coefficient (Wildman–Crippen LogP) is -0.181. The number of hydrogen-bond donors (Lipinski definition) is 1. The molecule has 1 aliphatic heterocycles. The van der Waals surface area contributed by atoms with Crippen LogP contribution in [0.2, 0.25) is 0 Å². The number of carbonyl (C=O) groups is 2. The van der Waals surface area contributed by atoms with Gasteiger partial charge in [0.25, 0.3) is 0 Å². The molecule has 5 heteroatoms. The maximum atomic E-state index is 11.5. The molecule has 1 heterocycles. The van der Waals surface area contributed by atoms with Crippen LogP contribution in [0.4, 0.5) is 0 Å². The van der Waals surface area contributed by atoms with Crippen molar-refractivity contribution < 1.29 is 9.59 Å². The molecule has 2 fully saturated rings. The number of rotatable bonds is 4. The third-order valence-electron chi connectivity index (χ3n) is 3.42. The van der Waals surface area contributed by atoms with E-state index in [1.807, 2.05) is 4.90 Å². The van der Waals surface area contributed by atoms with E-state index in [2.05, 4.69) is 10.2 Å². The SMILES string of the molecule is CC(=O)N1CCN(CCC(=O)NC2CC2)CC1. The fourth-order valence-electron chi connectivity index (χ4n) is 2.07. The van der Waals surface area contributed by atoms with Crippen LogP contribution < -0.4 is 5.32 Å². The molecule has 0 aromatic heterocycles. The van der Waals surface area contributed by atoms with Crippen LogP contribution in [-0.4, -0.2) is 60.4 Å². The van der Waals surface area contributed by atoms with Crippen molar-refractivity contribution in [2.75, 3.05) is 32.7 Å². The van der Waals surface area contributed by atoms with Crippen molar-refractivity contribution in [1.82, 2.24) is 15.1 Å². The van der Waals surface area contributed by atoms with Gasteiger partial charge in [-0.15, -0.1) is 0 Å². The van der Waals surface area contributed by atoms with Gasteiger partial charge in [-0.05, 0) is 12.8 Å². The van der Waals surface area contributed by atoms with Gasteiger partial charge in [0.15, 0.2) is 0 Å². The summed E-state index contributed by atoms with van der Waals surface area (Å²) in [5, 5.41) is 2.99. The Bertz CT molecular complexity index is 294. The molecule has 1 aliphatic carbocycles. The summed E-state index contributed by atoms with van der Waals surface area (Å²) in [4.78, 5) is 26.8. The van der Waals surface area contributed by atoms with Crippen LogP contribution in [0.1, 0.15) is 26.2 Å². The zero-order valence-corrected chi connectivity index (χ0v) is 10.4. The van der Waals surface area contributed by atoms with Gasteiger partial charge in [-0.2, -0.15) is 0 Å². The zero-order valence-electron chi connectivity index (χ0n) is 10.4. The van der Waals surface area contributed by atoms with Crippen LogP contribution in [0.3, 0.4) is 0 Å². The first-order valence-electron chi connectivity index (χ1n) is 6.42. The highest BCUT2D eigenvalue weighted by Crippen LogP contribution is 2.18. The van der Waals surface area contributed by atoms with Gasteiger partial charge in [0, 0.05) is 52.1 Å². The van der Waals surface area contributed by atoms with Crippen molar-refractivity contribution in [3.63, 3.8) is 0 Å². The zero-order chi connectivity index (χ0) is 12.3. The van der Waals surface area contributed by atoms with Crippen LogP contribution >= 0.6 is 0 Å². The second-order valence-corrected chi connectivity index (χ2v) is 4.94. The van der Waals surface area contributed by atoms with E-state index in [9.17, 15) is 9.59 Å². The molecule has 2 amide bonds. The van der Waals surface area contributed by atoms with E-state index >= 15 is 0 Å². The number of piperazine rings is 1. The Morgan fingerprint density at radius 2 is 1.82 bits per heavy atom. The maximum Gasteiger partial charge on any atom is 0.221 e. The first-order chi connectivity index (χ1) is 8.15. The molecule has 5 nitrogen and oxygen atoms in total. The molecule has 0 spiro atoms. The van der Waals surface area contributed by atoms with Crippen LogP contribution in [0, 0.1) is 0 Å². The lowest BCUT2D eigenvalue weighted by Crippen LogP contribution is -2.48. The molecular formula is C12H21N3O2. The summed E-state index contributed by atoms with van der Waals surface area (Å²) in [6, 6.07) is 0.456. The number of nitrogens with one attached hydrogen (secondary N) is 1. The minimum atomic E-state index is 0.149. The van der Waals surface area contributed by atoms with Gasteiger partial charge in [-0.25, -0.2) is 0 Å². The fourth-order valence-corrected chi connectivity index (χ4v) is 2.07. The predicted molar refractivity (Wildman–Crippen MR) is 64.5 cm³/mol. The Morgan fingerprint density at radius 1 is 1.18 bits per heavy atom. The molecule has 0 aromatic carbocycles. The second kappa shape index (κ2) is 5.49. The standard InChI is InChI=1S/C12H21N3O2/c1-10(16)15-8-6-14(7-9-15)5-4-12(17)13-11-2-3-11/h11H,2-9H2,1H3,(H,13,17). The average Bonchev–Trinajstić information content (AvgIpc) is 3.11.